The summed E-state index contributed by atoms with van der Waals surface area (Å²) < 4.78 is 0. The lowest BCUT2D eigenvalue weighted by atomic mass is 9.85. The summed E-state index contributed by atoms with van der Waals surface area (Å²) in [6.07, 6.45) is 6.99. The Hall–Kier alpha value is -5.86. The molecule has 2 nitrogen and oxygen atoms in total. The van der Waals surface area contributed by atoms with Crippen molar-refractivity contribution >= 4 is 22.7 Å². The standard InChI is InChI=1S/C52H52N2/c1-5-7-15-39-19-23-44(24-20-39)51-47(35-36-48(53)52(51)45-25-21-40(22-26-45)16-8-6-2)43-29-27-41(28-30-43)42-31-33-46(34-32-42)54(49-17-11-9-13-37(49)3)50-18-12-10-14-38(50)4/h9-14,17-36H,5-8,15-16,53H2,1-4H3. The summed E-state index contributed by atoms with van der Waals surface area (Å²) in [5, 5.41) is 0. The second-order valence-electron chi connectivity index (χ2n) is 14.6. The monoisotopic (exact) mass is 704 g/mol. The van der Waals surface area contributed by atoms with Gasteiger partial charge < -0.3 is 10.6 Å². The van der Waals surface area contributed by atoms with Crippen molar-refractivity contribution in [1.82, 2.24) is 0 Å². The highest BCUT2D eigenvalue weighted by Gasteiger charge is 2.19. The fourth-order valence-corrected chi connectivity index (χ4v) is 7.59. The second kappa shape index (κ2) is 16.9. The number of nitrogens with two attached hydrogens (primary N) is 1. The van der Waals surface area contributed by atoms with Gasteiger partial charge in [0.1, 0.15) is 0 Å². The summed E-state index contributed by atoms with van der Waals surface area (Å²) in [7, 11) is 0. The molecule has 0 unspecified atom stereocenters. The van der Waals surface area contributed by atoms with Crippen molar-refractivity contribution in [3.63, 3.8) is 0 Å². The number of aryl methyl sites for hydroxylation is 4. The Kier molecular flexibility index (Phi) is 11.4. The van der Waals surface area contributed by atoms with Crippen molar-refractivity contribution in [3.8, 4) is 44.5 Å². The van der Waals surface area contributed by atoms with Gasteiger partial charge in [-0.3, -0.25) is 0 Å². The van der Waals surface area contributed by atoms with Crippen molar-refractivity contribution < 1.29 is 0 Å². The molecule has 7 aromatic carbocycles. The molecule has 270 valence electrons. The van der Waals surface area contributed by atoms with E-state index < -0.39 is 0 Å². The van der Waals surface area contributed by atoms with Crippen LogP contribution in [0.3, 0.4) is 0 Å². The highest BCUT2D eigenvalue weighted by atomic mass is 15.1. The minimum absolute atomic E-state index is 0.798. The number of hydrogen-bond donors (Lipinski definition) is 1. The largest absolute Gasteiger partial charge is 0.398 e. The first-order valence-electron chi connectivity index (χ1n) is 19.7. The molecular formula is C52H52N2. The summed E-state index contributed by atoms with van der Waals surface area (Å²) >= 11 is 0. The first-order chi connectivity index (χ1) is 26.4. The minimum Gasteiger partial charge on any atom is -0.398 e. The Morgan fingerprint density at radius 2 is 0.852 bits per heavy atom. The Bertz CT molecular complexity index is 2250. The summed E-state index contributed by atoms with van der Waals surface area (Å²) in [5.74, 6) is 0. The summed E-state index contributed by atoms with van der Waals surface area (Å²) in [6.45, 7) is 8.86. The lowest BCUT2D eigenvalue weighted by Crippen LogP contribution is -2.12. The fourth-order valence-electron chi connectivity index (χ4n) is 7.59. The lowest BCUT2D eigenvalue weighted by molar-refractivity contribution is 0.795. The van der Waals surface area contributed by atoms with Crippen molar-refractivity contribution in [2.45, 2.75) is 66.2 Å². The van der Waals surface area contributed by atoms with Crippen LogP contribution >= 0.6 is 0 Å². The van der Waals surface area contributed by atoms with Crippen LogP contribution in [0, 0.1) is 13.8 Å². The van der Waals surface area contributed by atoms with E-state index in [0.29, 0.717) is 0 Å². The van der Waals surface area contributed by atoms with Crippen LogP contribution < -0.4 is 10.6 Å². The summed E-state index contributed by atoms with van der Waals surface area (Å²) in [4.78, 5) is 2.37. The Morgan fingerprint density at radius 1 is 0.426 bits per heavy atom. The molecule has 0 bridgehead atoms. The molecule has 54 heavy (non-hydrogen) atoms. The van der Waals surface area contributed by atoms with E-state index in [4.69, 9.17) is 5.73 Å². The maximum absolute atomic E-state index is 6.87. The number of anilines is 4. The van der Waals surface area contributed by atoms with Gasteiger partial charge in [-0.05, 0) is 131 Å². The maximum Gasteiger partial charge on any atom is 0.0490 e. The van der Waals surface area contributed by atoms with Crippen LogP contribution in [0.4, 0.5) is 22.7 Å². The third-order valence-electron chi connectivity index (χ3n) is 10.7. The van der Waals surface area contributed by atoms with Crippen LogP contribution in [0.1, 0.15) is 61.8 Å². The molecule has 0 amide bonds. The quantitative estimate of drug-likeness (QED) is 0.121. The second-order valence-corrected chi connectivity index (χ2v) is 14.6. The molecule has 0 radical (unpaired) electrons. The number of nitrogen functional groups attached to an aromatic ring is 1. The molecule has 0 atom stereocenters. The van der Waals surface area contributed by atoms with E-state index in [0.717, 1.165) is 35.3 Å². The predicted octanol–water partition coefficient (Wildman–Crippen LogP) is 14.7. The zero-order valence-corrected chi connectivity index (χ0v) is 32.3. The van der Waals surface area contributed by atoms with Crippen LogP contribution in [0.25, 0.3) is 44.5 Å². The number of hydrogen-bond acceptors (Lipinski definition) is 2. The Labute approximate surface area is 323 Å². The highest BCUT2D eigenvalue weighted by Crippen LogP contribution is 2.44. The third-order valence-corrected chi connectivity index (χ3v) is 10.7. The first-order valence-corrected chi connectivity index (χ1v) is 19.7. The SMILES string of the molecule is CCCCc1ccc(-c2c(N)ccc(-c3ccc(-c4ccc(N(c5ccccc5C)c5ccccc5C)cc4)cc3)c2-c2ccc(CCCC)cc2)cc1. The molecule has 7 aromatic rings. The molecule has 0 saturated heterocycles. The average molecular weight is 705 g/mol. The van der Waals surface area contributed by atoms with E-state index >= 15 is 0 Å². The topological polar surface area (TPSA) is 29.3 Å². The smallest absolute Gasteiger partial charge is 0.0490 e. The van der Waals surface area contributed by atoms with Gasteiger partial charge in [-0.1, -0.05) is 154 Å². The van der Waals surface area contributed by atoms with Gasteiger partial charge in [-0.25, -0.2) is 0 Å². The van der Waals surface area contributed by atoms with E-state index in [2.05, 4.69) is 190 Å². The molecule has 7 rings (SSSR count). The minimum atomic E-state index is 0.798. The van der Waals surface area contributed by atoms with Crippen molar-refractivity contribution in [2.24, 2.45) is 0 Å². The number of unbranched alkanes of at least 4 members (excludes halogenated alkanes) is 2. The summed E-state index contributed by atoms with van der Waals surface area (Å²) in [5.41, 5.74) is 25.8. The Balaban J connectivity index is 1.25. The van der Waals surface area contributed by atoms with Crippen LogP contribution in [-0.2, 0) is 12.8 Å². The van der Waals surface area contributed by atoms with Crippen LogP contribution in [0.15, 0.2) is 158 Å². The third kappa shape index (κ3) is 7.89. The molecule has 2 N–H and O–H groups in total. The van der Waals surface area contributed by atoms with Crippen molar-refractivity contribution in [1.29, 1.82) is 0 Å². The van der Waals surface area contributed by atoms with Crippen LogP contribution in [0.5, 0.6) is 0 Å². The Morgan fingerprint density at radius 3 is 1.33 bits per heavy atom. The van der Waals surface area contributed by atoms with E-state index in [1.165, 1.54) is 92.7 Å². The highest BCUT2D eigenvalue weighted by molar-refractivity contribution is 6.00. The average Bonchev–Trinajstić information content (AvgIpc) is 3.21. The molecule has 0 fully saturated rings. The van der Waals surface area contributed by atoms with Gasteiger partial charge in [-0.15, -0.1) is 0 Å². The van der Waals surface area contributed by atoms with Gasteiger partial charge in [0.2, 0.25) is 0 Å². The fraction of sp³-hybridized carbons (Fsp3) is 0.192. The lowest BCUT2D eigenvalue weighted by Gasteiger charge is -2.28. The molecular weight excluding hydrogens is 653 g/mol. The van der Waals surface area contributed by atoms with Gasteiger partial charge >= 0.3 is 0 Å². The van der Waals surface area contributed by atoms with Crippen LogP contribution in [-0.4, -0.2) is 0 Å². The number of benzene rings is 7. The van der Waals surface area contributed by atoms with E-state index in [-0.39, 0.29) is 0 Å². The molecule has 0 aromatic heterocycles. The summed E-state index contributed by atoms with van der Waals surface area (Å²) in [6, 6.07) is 57.7. The first kappa shape index (κ1) is 36.5. The van der Waals surface area contributed by atoms with E-state index in [9.17, 15) is 0 Å². The molecule has 0 heterocycles. The molecule has 0 saturated carbocycles. The maximum atomic E-state index is 6.87. The van der Waals surface area contributed by atoms with Gasteiger partial charge in [0.15, 0.2) is 0 Å². The molecule has 0 aliphatic rings. The number of nitrogens with zero attached hydrogens (tertiary/aromatic N) is 1. The predicted molar refractivity (Wildman–Crippen MR) is 234 cm³/mol. The van der Waals surface area contributed by atoms with E-state index in [1.54, 1.807) is 0 Å². The van der Waals surface area contributed by atoms with Crippen molar-refractivity contribution in [2.75, 3.05) is 10.6 Å². The van der Waals surface area contributed by atoms with Crippen molar-refractivity contribution in [3.05, 3.63) is 180 Å². The number of rotatable bonds is 13. The molecule has 0 spiro atoms. The van der Waals surface area contributed by atoms with E-state index in [1.807, 2.05) is 0 Å². The van der Waals surface area contributed by atoms with Gasteiger partial charge in [-0.2, -0.15) is 0 Å². The van der Waals surface area contributed by atoms with Gasteiger partial charge in [0.05, 0.1) is 0 Å². The van der Waals surface area contributed by atoms with Gasteiger partial charge in [0, 0.05) is 28.3 Å². The normalized spacial score (nSPS) is 11.1. The van der Waals surface area contributed by atoms with Crippen LogP contribution in [0.2, 0.25) is 0 Å². The molecule has 0 aliphatic heterocycles. The number of para-hydroxylation sites is 2. The zero-order valence-electron chi connectivity index (χ0n) is 32.3. The zero-order chi connectivity index (χ0) is 37.4. The molecule has 2 heteroatoms. The van der Waals surface area contributed by atoms with Gasteiger partial charge in [0.25, 0.3) is 0 Å². The molecule has 0 aliphatic carbocycles.